The number of allylic oxidation sites excluding steroid dienone is 1. The van der Waals surface area contributed by atoms with Crippen LogP contribution in [-0.4, -0.2) is 15.0 Å². The van der Waals surface area contributed by atoms with E-state index in [2.05, 4.69) is 126 Å². The van der Waals surface area contributed by atoms with E-state index in [1.54, 1.807) is 0 Å². The van der Waals surface area contributed by atoms with Gasteiger partial charge in [0.1, 0.15) is 5.69 Å². The first-order chi connectivity index (χ1) is 17.6. The average molecular weight is 470 g/mol. The monoisotopic (exact) mass is 469 g/mol. The van der Waals surface area contributed by atoms with Crippen LogP contribution < -0.4 is 4.57 Å². The molecule has 0 bridgehead atoms. The molecule has 0 fully saturated rings. The molecule has 0 saturated carbocycles. The molecule has 0 aliphatic carbocycles. The second kappa shape index (κ2) is 8.72. The Morgan fingerprint density at radius 2 is 1.47 bits per heavy atom. The quantitative estimate of drug-likeness (QED) is 0.257. The molecular formula is C32H29N4+. The summed E-state index contributed by atoms with van der Waals surface area (Å²) in [6.07, 6.45) is 6.19. The predicted molar refractivity (Wildman–Crippen MR) is 145 cm³/mol. The Morgan fingerprint density at radius 1 is 0.778 bits per heavy atom. The second-order valence-electron chi connectivity index (χ2n) is 9.39. The number of hydrogen-bond acceptors (Lipinski definition) is 2. The van der Waals surface area contributed by atoms with Crippen LogP contribution >= 0.6 is 0 Å². The molecule has 0 amide bonds. The zero-order valence-electron chi connectivity index (χ0n) is 20.7. The normalized spacial score (nSPS) is 13.8. The van der Waals surface area contributed by atoms with E-state index in [1.165, 1.54) is 33.5 Å². The molecule has 0 atom stereocenters. The van der Waals surface area contributed by atoms with Gasteiger partial charge in [-0.2, -0.15) is 4.57 Å². The third-order valence-electron chi connectivity index (χ3n) is 7.70. The minimum absolute atomic E-state index is 0.0998. The van der Waals surface area contributed by atoms with E-state index in [0.717, 1.165) is 29.8 Å². The summed E-state index contributed by atoms with van der Waals surface area (Å²) in [5.74, 6) is 0. The molecule has 1 aliphatic heterocycles. The lowest BCUT2D eigenvalue weighted by Crippen LogP contribution is -2.59. The molecule has 36 heavy (non-hydrogen) atoms. The van der Waals surface area contributed by atoms with Crippen molar-refractivity contribution in [2.45, 2.75) is 32.2 Å². The van der Waals surface area contributed by atoms with Crippen LogP contribution in [0.1, 0.15) is 32.3 Å². The zero-order chi connectivity index (χ0) is 24.7. The van der Waals surface area contributed by atoms with Crippen LogP contribution in [0.25, 0.3) is 44.9 Å². The van der Waals surface area contributed by atoms with Crippen LogP contribution in [0.2, 0.25) is 0 Å². The first-order valence-corrected chi connectivity index (χ1v) is 12.6. The highest BCUT2D eigenvalue weighted by atomic mass is 15.4. The summed E-state index contributed by atoms with van der Waals surface area (Å²) >= 11 is 0. The maximum Gasteiger partial charge on any atom is 0.213 e. The maximum absolute atomic E-state index is 4.57. The third-order valence-corrected chi connectivity index (χ3v) is 7.70. The minimum Gasteiger partial charge on any atom is -0.220 e. The smallest absolute Gasteiger partial charge is 0.213 e. The number of pyridine rings is 1. The van der Waals surface area contributed by atoms with Crippen molar-refractivity contribution in [2.24, 2.45) is 0 Å². The lowest BCUT2D eigenvalue weighted by atomic mass is 9.75. The lowest BCUT2D eigenvalue weighted by Gasteiger charge is -2.34. The van der Waals surface area contributed by atoms with Crippen LogP contribution in [-0.2, 0) is 5.54 Å². The molecule has 6 rings (SSSR count). The van der Waals surface area contributed by atoms with Crippen molar-refractivity contribution in [1.29, 1.82) is 0 Å². The first-order valence-electron chi connectivity index (χ1n) is 12.6. The van der Waals surface area contributed by atoms with E-state index >= 15 is 0 Å². The van der Waals surface area contributed by atoms with Crippen LogP contribution in [0.5, 0.6) is 0 Å². The topological polar surface area (TPSA) is 34.6 Å². The fraction of sp³-hybridized carbons (Fsp3) is 0.156. The Kier molecular flexibility index (Phi) is 5.37. The average Bonchev–Trinajstić information content (AvgIpc) is 3.45. The minimum atomic E-state index is -0.0998. The number of hydrogen-bond donors (Lipinski definition) is 0. The Bertz CT molecular complexity index is 1560. The van der Waals surface area contributed by atoms with Crippen molar-refractivity contribution in [3.8, 4) is 39.3 Å². The fourth-order valence-corrected chi connectivity index (χ4v) is 5.59. The highest BCUT2D eigenvalue weighted by Gasteiger charge is 2.46. The number of nitrogens with zero attached hydrogens (tertiary/aromatic N) is 4. The van der Waals surface area contributed by atoms with Gasteiger partial charge < -0.3 is 0 Å². The fourth-order valence-electron chi connectivity index (χ4n) is 5.59. The van der Waals surface area contributed by atoms with Crippen LogP contribution in [0, 0.1) is 0 Å². The lowest BCUT2D eigenvalue weighted by molar-refractivity contribution is -0.741. The van der Waals surface area contributed by atoms with Crippen molar-refractivity contribution in [1.82, 2.24) is 15.0 Å². The van der Waals surface area contributed by atoms with Gasteiger partial charge in [0.15, 0.2) is 11.7 Å². The molecule has 0 spiro atoms. The van der Waals surface area contributed by atoms with Crippen LogP contribution in [0.3, 0.4) is 0 Å². The summed E-state index contributed by atoms with van der Waals surface area (Å²) in [5, 5.41) is 8.94. The van der Waals surface area contributed by atoms with Crippen LogP contribution in [0.4, 0.5) is 0 Å². The van der Waals surface area contributed by atoms with Gasteiger partial charge in [0.25, 0.3) is 0 Å². The molecule has 4 heteroatoms. The van der Waals surface area contributed by atoms with Crippen molar-refractivity contribution in [3.05, 3.63) is 116 Å². The molecule has 0 radical (unpaired) electrons. The molecule has 0 saturated heterocycles. The Labute approximate surface area is 212 Å². The van der Waals surface area contributed by atoms with Crippen molar-refractivity contribution in [2.75, 3.05) is 0 Å². The summed E-state index contributed by atoms with van der Waals surface area (Å²) in [5.41, 5.74) is 9.95. The van der Waals surface area contributed by atoms with Gasteiger partial charge in [-0.05, 0) is 34.9 Å². The van der Waals surface area contributed by atoms with Crippen LogP contribution in [0.15, 0.2) is 110 Å². The van der Waals surface area contributed by atoms with Gasteiger partial charge in [-0.15, -0.1) is 5.10 Å². The number of rotatable bonds is 5. The molecule has 0 N–H and O–H groups in total. The summed E-state index contributed by atoms with van der Waals surface area (Å²) in [6, 6.07) is 31.8. The van der Waals surface area contributed by atoms with E-state index in [1.807, 2.05) is 16.9 Å². The molecule has 2 aromatic heterocycles. The number of benzene rings is 3. The standard InChI is InChI=1S/C32H29N4/c1-4-32(5-2)23(3)28-19-18-27(21-29(28)31-13-9-10-20-35(31)32)36-22-30(33-34-36)26-16-14-25(15-17-26)24-11-7-6-8-12-24/h6-22H,3-5H2,1-2H3/q+1. The van der Waals surface area contributed by atoms with Crippen molar-refractivity contribution >= 4 is 5.57 Å². The molecule has 5 aromatic rings. The molecular weight excluding hydrogens is 440 g/mol. The van der Waals surface area contributed by atoms with Crippen molar-refractivity contribution < 1.29 is 4.57 Å². The Balaban J connectivity index is 1.36. The predicted octanol–water partition coefficient (Wildman–Crippen LogP) is 7.10. The molecule has 3 heterocycles. The molecule has 0 unspecified atom stereocenters. The van der Waals surface area contributed by atoms with Gasteiger partial charge in [0.05, 0.1) is 17.4 Å². The van der Waals surface area contributed by atoms with E-state index in [-0.39, 0.29) is 5.54 Å². The summed E-state index contributed by atoms with van der Waals surface area (Å²) in [7, 11) is 0. The van der Waals surface area contributed by atoms with Gasteiger partial charge >= 0.3 is 0 Å². The summed E-state index contributed by atoms with van der Waals surface area (Å²) in [4.78, 5) is 0. The SMILES string of the molecule is C=C1c2ccc(-n3cc(-c4ccc(-c5ccccc5)cc4)nn3)cc2-c2cccc[n+]2C1(CC)CC. The van der Waals surface area contributed by atoms with Gasteiger partial charge in [-0.3, -0.25) is 0 Å². The van der Waals surface area contributed by atoms with E-state index in [9.17, 15) is 0 Å². The van der Waals surface area contributed by atoms with Gasteiger partial charge in [0, 0.05) is 36.1 Å². The highest BCUT2D eigenvalue weighted by molar-refractivity contribution is 5.84. The largest absolute Gasteiger partial charge is 0.220 e. The summed E-state index contributed by atoms with van der Waals surface area (Å²) < 4.78 is 4.26. The number of aromatic nitrogens is 4. The molecule has 1 aliphatic rings. The van der Waals surface area contributed by atoms with E-state index in [4.69, 9.17) is 0 Å². The van der Waals surface area contributed by atoms with Gasteiger partial charge in [-0.1, -0.05) is 86.3 Å². The zero-order valence-corrected chi connectivity index (χ0v) is 20.7. The molecule has 3 aromatic carbocycles. The van der Waals surface area contributed by atoms with E-state index < -0.39 is 0 Å². The summed E-state index contributed by atoms with van der Waals surface area (Å²) in [6.45, 7) is 9.07. The molecule has 4 nitrogen and oxygen atoms in total. The highest BCUT2D eigenvalue weighted by Crippen LogP contribution is 2.43. The maximum atomic E-state index is 4.57. The Hall–Kier alpha value is -4.31. The number of fused-ring (bicyclic) bond motifs is 3. The second-order valence-corrected chi connectivity index (χ2v) is 9.39. The van der Waals surface area contributed by atoms with Gasteiger partial charge in [0.2, 0.25) is 5.69 Å². The first kappa shape index (κ1) is 22.2. The van der Waals surface area contributed by atoms with E-state index in [0.29, 0.717) is 0 Å². The third kappa shape index (κ3) is 3.41. The Morgan fingerprint density at radius 3 is 2.22 bits per heavy atom. The molecule has 176 valence electrons. The van der Waals surface area contributed by atoms with Crippen molar-refractivity contribution in [3.63, 3.8) is 0 Å². The van der Waals surface area contributed by atoms with Gasteiger partial charge in [-0.25, -0.2) is 4.68 Å².